The molecule has 118 valence electrons. The molecule has 3 aromatic rings. The molecule has 0 bridgehead atoms. The molecule has 2 aromatic heterocycles. The van der Waals surface area contributed by atoms with Gasteiger partial charge in [0.1, 0.15) is 5.82 Å². The Labute approximate surface area is 136 Å². The second kappa shape index (κ2) is 6.13. The lowest BCUT2D eigenvalue weighted by Gasteiger charge is -2.31. The molecule has 1 aromatic carbocycles. The van der Waals surface area contributed by atoms with Crippen molar-refractivity contribution < 1.29 is 0 Å². The molecule has 1 atom stereocenters. The maximum Gasteiger partial charge on any atom is 0.117 e. The van der Waals surface area contributed by atoms with Crippen molar-refractivity contribution in [3.8, 4) is 5.69 Å². The molecule has 4 nitrogen and oxygen atoms in total. The minimum Gasteiger partial charge on any atom is -0.303 e. The second-order valence-corrected chi connectivity index (χ2v) is 6.24. The van der Waals surface area contributed by atoms with E-state index in [2.05, 4.69) is 51.8 Å². The molecule has 1 fully saturated rings. The molecule has 0 unspecified atom stereocenters. The van der Waals surface area contributed by atoms with Crippen molar-refractivity contribution in [3.63, 3.8) is 0 Å². The van der Waals surface area contributed by atoms with Gasteiger partial charge >= 0.3 is 0 Å². The van der Waals surface area contributed by atoms with E-state index in [4.69, 9.17) is 4.98 Å². The summed E-state index contributed by atoms with van der Waals surface area (Å²) in [5.74, 6) is 1.67. The van der Waals surface area contributed by atoms with E-state index in [0.717, 1.165) is 24.3 Å². The fraction of sp³-hybridized carbons (Fsp3) is 0.368. The van der Waals surface area contributed by atoms with Gasteiger partial charge in [0.15, 0.2) is 0 Å². The Balaban J connectivity index is 1.77. The molecule has 0 saturated carbocycles. The molecule has 1 aliphatic heterocycles. The molecule has 0 spiro atoms. The molecule has 0 aliphatic carbocycles. The van der Waals surface area contributed by atoms with Crippen molar-refractivity contribution in [2.45, 2.75) is 25.7 Å². The zero-order chi connectivity index (χ0) is 15.6. The van der Waals surface area contributed by atoms with Crippen molar-refractivity contribution in [1.29, 1.82) is 0 Å². The average Bonchev–Trinajstić information content (AvgIpc) is 3.11. The van der Waals surface area contributed by atoms with Gasteiger partial charge in [0.2, 0.25) is 0 Å². The fourth-order valence-corrected chi connectivity index (χ4v) is 3.66. The third-order valence-electron chi connectivity index (χ3n) is 4.86. The van der Waals surface area contributed by atoms with Gasteiger partial charge < -0.3 is 9.47 Å². The number of para-hydroxylation sites is 1. The van der Waals surface area contributed by atoms with Crippen LogP contribution in [0.1, 0.15) is 31.5 Å². The maximum atomic E-state index is 4.70. The predicted octanol–water partition coefficient (Wildman–Crippen LogP) is 3.62. The van der Waals surface area contributed by atoms with Crippen molar-refractivity contribution >= 4 is 10.9 Å². The van der Waals surface area contributed by atoms with Crippen LogP contribution in [0.25, 0.3) is 16.6 Å². The lowest BCUT2D eigenvalue weighted by atomic mass is 9.97. The Hall–Kier alpha value is -2.20. The van der Waals surface area contributed by atoms with Crippen LogP contribution < -0.4 is 0 Å². The minimum absolute atomic E-state index is 0.498. The van der Waals surface area contributed by atoms with Crippen LogP contribution in [-0.2, 0) is 0 Å². The van der Waals surface area contributed by atoms with Crippen LogP contribution in [0.5, 0.6) is 0 Å². The Morgan fingerprint density at radius 3 is 2.96 bits per heavy atom. The number of imidazole rings is 1. The molecule has 1 saturated heterocycles. The first-order chi connectivity index (χ1) is 11.4. The van der Waals surface area contributed by atoms with Crippen molar-refractivity contribution in [1.82, 2.24) is 19.4 Å². The summed E-state index contributed by atoms with van der Waals surface area (Å²) in [7, 11) is 0. The summed E-state index contributed by atoms with van der Waals surface area (Å²) in [5, 5.41) is 1.17. The molecular weight excluding hydrogens is 284 g/mol. The number of benzene rings is 1. The van der Waals surface area contributed by atoms with E-state index in [1.807, 2.05) is 18.5 Å². The van der Waals surface area contributed by atoms with E-state index in [1.54, 1.807) is 0 Å². The molecule has 0 amide bonds. The fourth-order valence-electron chi connectivity index (χ4n) is 3.66. The topological polar surface area (TPSA) is 34.0 Å². The Morgan fingerprint density at radius 1 is 1.13 bits per heavy atom. The number of likely N-dealkylation sites (tertiary alicyclic amines) is 1. The Bertz CT molecular complexity index is 802. The molecule has 3 heterocycles. The quantitative estimate of drug-likeness (QED) is 0.741. The first-order valence-electron chi connectivity index (χ1n) is 8.46. The van der Waals surface area contributed by atoms with E-state index in [9.17, 15) is 0 Å². The lowest BCUT2D eigenvalue weighted by Crippen LogP contribution is -2.35. The lowest BCUT2D eigenvalue weighted by molar-refractivity contribution is 0.213. The number of aromatic nitrogens is 3. The number of hydrogen-bond donors (Lipinski definition) is 0. The third-order valence-corrected chi connectivity index (χ3v) is 4.86. The van der Waals surface area contributed by atoms with Crippen molar-refractivity contribution in [2.24, 2.45) is 0 Å². The van der Waals surface area contributed by atoms with Crippen molar-refractivity contribution in [3.05, 3.63) is 54.7 Å². The van der Waals surface area contributed by atoms with Crippen LogP contribution in [0.2, 0.25) is 0 Å². The summed E-state index contributed by atoms with van der Waals surface area (Å²) >= 11 is 0. The van der Waals surface area contributed by atoms with Gasteiger partial charge in [-0.1, -0.05) is 25.1 Å². The number of hydrogen-bond acceptors (Lipinski definition) is 3. The van der Waals surface area contributed by atoms with Crippen LogP contribution in [0.4, 0.5) is 0 Å². The largest absolute Gasteiger partial charge is 0.303 e. The van der Waals surface area contributed by atoms with E-state index in [1.165, 1.54) is 30.6 Å². The molecular formula is C19H22N4. The van der Waals surface area contributed by atoms with Gasteiger partial charge in [0.25, 0.3) is 0 Å². The molecule has 4 heteroatoms. The Morgan fingerprint density at radius 2 is 2.04 bits per heavy atom. The van der Waals surface area contributed by atoms with Crippen LogP contribution in [0, 0.1) is 0 Å². The normalized spacial score (nSPS) is 19.3. The SMILES string of the molecule is CCN1CCC[C@@H](c2nccn2-c2cccc3cccnc23)C1. The summed E-state index contributed by atoms with van der Waals surface area (Å²) in [6.45, 7) is 5.67. The van der Waals surface area contributed by atoms with Crippen LogP contribution >= 0.6 is 0 Å². The van der Waals surface area contributed by atoms with E-state index < -0.39 is 0 Å². The number of piperidine rings is 1. The van der Waals surface area contributed by atoms with Gasteiger partial charge in [-0.15, -0.1) is 0 Å². The van der Waals surface area contributed by atoms with Crippen LogP contribution in [0.3, 0.4) is 0 Å². The maximum absolute atomic E-state index is 4.70. The molecule has 0 radical (unpaired) electrons. The summed E-state index contributed by atoms with van der Waals surface area (Å²) in [6.07, 6.45) is 8.32. The number of rotatable bonds is 3. The zero-order valence-electron chi connectivity index (χ0n) is 13.5. The number of likely N-dealkylation sites (N-methyl/N-ethyl adjacent to an activating group) is 1. The third kappa shape index (κ3) is 2.63. The highest BCUT2D eigenvalue weighted by Gasteiger charge is 2.24. The van der Waals surface area contributed by atoms with Crippen LogP contribution in [0.15, 0.2) is 48.9 Å². The number of fused-ring (bicyclic) bond motifs is 1. The molecule has 23 heavy (non-hydrogen) atoms. The standard InChI is InChI=1S/C19H22N4/c1-2-22-12-5-8-16(14-22)19-21-11-13-23(19)17-9-3-6-15-7-4-10-20-18(15)17/h3-4,6-7,9-11,13,16H,2,5,8,12,14H2,1H3/t16-/m1/s1. The van der Waals surface area contributed by atoms with Gasteiger partial charge in [-0.25, -0.2) is 4.98 Å². The molecule has 1 aliphatic rings. The van der Waals surface area contributed by atoms with Gasteiger partial charge in [-0.2, -0.15) is 0 Å². The molecule has 4 rings (SSSR count). The first kappa shape index (κ1) is 14.4. The van der Waals surface area contributed by atoms with E-state index in [0.29, 0.717) is 5.92 Å². The predicted molar refractivity (Wildman–Crippen MR) is 93.0 cm³/mol. The highest BCUT2D eigenvalue weighted by atomic mass is 15.1. The van der Waals surface area contributed by atoms with Crippen LogP contribution in [-0.4, -0.2) is 39.1 Å². The average molecular weight is 306 g/mol. The summed E-state index contributed by atoms with van der Waals surface area (Å²) in [6, 6.07) is 10.5. The number of pyridine rings is 1. The summed E-state index contributed by atoms with van der Waals surface area (Å²) in [5.41, 5.74) is 2.17. The summed E-state index contributed by atoms with van der Waals surface area (Å²) < 4.78 is 2.24. The van der Waals surface area contributed by atoms with Gasteiger partial charge in [0, 0.05) is 36.4 Å². The first-order valence-corrected chi connectivity index (χ1v) is 8.46. The van der Waals surface area contributed by atoms with Crippen molar-refractivity contribution in [2.75, 3.05) is 19.6 Å². The Kier molecular flexibility index (Phi) is 3.83. The highest BCUT2D eigenvalue weighted by Crippen LogP contribution is 2.29. The molecule has 0 N–H and O–H groups in total. The highest BCUT2D eigenvalue weighted by molar-refractivity contribution is 5.86. The van der Waals surface area contributed by atoms with E-state index >= 15 is 0 Å². The smallest absolute Gasteiger partial charge is 0.117 e. The van der Waals surface area contributed by atoms with E-state index in [-0.39, 0.29) is 0 Å². The van der Waals surface area contributed by atoms with Gasteiger partial charge in [0.05, 0.1) is 11.2 Å². The zero-order valence-corrected chi connectivity index (χ0v) is 13.5. The summed E-state index contributed by atoms with van der Waals surface area (Å²) in [4.78, 5) is 11.8. The second-order valence-electron chi connectivity index (χ2n) is 6.24. The number of nitrogens with zero attached hydrogens (tertiary/aromatic N) is 4. The van der Waals surface area contributed by atoms with Gasteiger partial charge in [-0.3, -0.25) is 4.98 Å². The van der Waals surface area contributed by atoms with Gasteiger partial charge in [-0.05, 0) is 38.1 Å². The minimum atomic E-state index is 0.498. The monoisotopic (exact) mass is 306 g/mol.